The highest BCUT2D eigenvalue weighted by Crippen LogP contribution is 2.36. The lowest BCUT2D eigenvalue weighted by Gasteiger charge is -2.33. The molecule has 1 heterocycles. The monoisotopic (exact) mass is 448 g/mol. The van der Waals surface area contributed by atoms with Crippen LogP contribution in [0.15, 0.2) is 18.2 Å². The third kappa shape index (κ3) is 5.35. The van der Waals surface area contributed by atoms with Gasteiger partial charge in [0.15, 0.2) is 0 Å². The van der Waals surface area contributed by atoms with Crippen molar-refractivity contribution in [2.75, 3.05) is 17.2 Å². The molecular formula is C22H29FN4O5. The zero-order chi connectivity index (χ0) is 23.7. The van der Waals surface area contributed by atoms with E-state index < -0.39 is 47.4 Å². The Morgan fingerprint density at radius 1 is 1.19 bits per heavy atom. The maximum atomic E-state index is 13.8. The fourth-order valence-electron chi connectivity index (χ4n) is 3.89. The van der Waals surface area contributed by atoms with E-state index in [0.29, 0.717) is 18.8 Å². The number of rotatable bonds is 4. The highest BCUT2D eigenvalue weighted by molar-refractivity contribution is 6.10. The standard InChI is InChI=1S/C22H29FN4O5/c1-13-7-9-22(10-8-13)18(29)27(19(30)26-22)12-17(28)24-16-11-14(23)5-6-15(16)25-20(31)32-21(2,3)4/h5-6,11,13H,7-10,12H2,1-4H3,(H,24,28)(H,25,31)(H,26,30). The van der Waals surface area contributed by atoms with Gasteiger partial charge in [-0.3, -0.25) is 19.8 Å². The Hall–Kier alpha value is -3.17. The summed E-state index contributed by atoms with van der Waals surface area (Å²) in [6.45, 7) is 6.65. The summed E-state index contributed by atoms with van der Waals surface area (Å²) in [6.07, 6.45) is 1.92. The summed E-state index contributed by atoms with van der Waals surface area (Å²) in [4.78, 5) is 50.9. The van der Waals surface area contributed by atoms with Gasteiger partial charge in [-0.15, -0.1) is 0 Å². The zero-order valence-corrected chi connectivity index (χ0v) is 18.7. The summed E-state index contributed by atoms with van der Waals surface area (Å²) < 4.78 is 19.0. The van der Waals surface area contributed by atoms with E-state index in [4.69, 9.17) is 4.74 Å². The van der Waals surface area contributed by atoms with Crippen molar-refractivity contribution in [3.05, 3.63) is 24.0 Å². The molecule has 3 N–H and O–H groups in total. The topological polar surface area (TPSA) is 117 Å². The molecule has 2 aliphatic rings. The predicted molar refractivity (Wildman–Crippen MR) is 115 cm³/mol. The minimum Gasteiger partial charge on any atom is -0.444 e. The maximum absolute atomic E-state index is 13.8. The van der Waals surface area contributed by atoms with Crippen LogP contribution in [0.25, 0.3) is 0 Å². The summed E-state index contributed by atoms with van der Waals surface area (Å²) in [5, 5.41) is 7.67. The van der Waals surface area contributed by atoms with E-state index in [9.17, 15) is 23.6 Å². The van der Waals surface area contributed by atoms with Crippen LogP contribution in [0.3, 0.4) is 0 Å². The molecule has 3 rings (SSSR count). The highest BCUT2D eigenvalue weighted by Gasteiger charge is 2.52. The molecule has 0 unspecified atom stereocenters. The van der Waals surface area contributed by atoms with Crippen LogP contribution < -0.4 is 16.0 Å². The lowest BCUT2D eigenvalue weighted by molar-refractivity contribution is -0.135. The number of carbonyl (C=O) groups is 4. The molecule has 10 heteroatoms. The van der Waals surface area contributed by atoms with Crippen molar-refractivity contribution in [2.45, 2.75) is 64.5 Å². The number of amides is 5. The van der Waals surface area contributed by atoms with Gasteiger partial charge in [0.05, 0.1) is 11.4 Å². The largest absolute Gasteiger partial charge is 0.444 e. The Balaban J connectivity index is 1.68. The van der Waals surface area contributed by atoms with Crippen molar-refractivity contribution >= 4 is 35.3 Å². The van der Waals surface area contributed by atoms with Crippen molar-refractivity contribution < 1.29 is 28.3 Å². The average molecular weight is 448 g/mol. The molecule has 32 heavy (non-hydrogen) atoms. The van der Waals surface area contributed by atoms with E-state index in [2.05, 4.69) is 22.9 Å². The van der Waals surface area contributed by atoms with Gasteiger partial charge in [0.25, 0.3) is 5.91 Å². The van der Waals surface area contributed by atoms with Crippen LogP contribution in [0.1, 0.15) is 53.4 Å². The Morgan fingerprint density at radius 3 is 2.47 bits per heavy atom. The first-order valence-corrected chi connectivity index (χ1v) is 10.6. The van der Waals surface area contributed by atoms with Crippen LogP contribution >= 0.6 is 0 Å². The molecular weight excluding hydrogens is 419 g/mol. The molecule has 0 atom stereocenters. The molecule has 1 spiro atoms. The van der Waals surface area contributed by atoms with Crippen molar-refractivity contribution in [3.8, 4) is 0 Å². The Labute approximate surface area is 186 Å². The number of imide groups is 1. The number of ether oxygens (including phenoxy) is 1. The van der Waals surface area contributed by atoms with Crippen molar-refractivity contribution in [1.82, 2.24) is 10.2 Å². The molecule has 1 aliphatic heterocycles. The summed E-state index contributed by atoms with van der Waals surface area (Å²) in [5.74, 6) is -1.28. The smallest absolute Gasteiger partial charge is 0.412 e. The molecule has 1 aliphatic carbocycles. The van der Waals surface area contributed by atoms with Crippen molar-refractivity contribution in [1.29, 1.82) is 0 Å². The van der Waals surface area contributed by atoms with E-state index in [1.54, 1.807) is 20.8 Å². The van der Waals surface area contributed by atoms with Gasteiger partial charge in [0, 0.05) is 0 Å². The second-order valence-electron chi connectivity index (χ2n) is 9.45. The van der Waals surface area contributed by atoms with Gasteiger partial charge in [0.1, 0.15) is 23.5 Å². The van der Waals surface area contributed by atoms with Crippen LogP contribution in [-0.2, 0) is 14.3 Å². The van der Waals surface area contributed by atoms with E-state index in [1.807, 2.05) is 0 Å². The molecule has 1 saturated carbocycles. The number of halogens is 1. The molecule has 1 saturated heterocycles. The summed E-state index contributed by atoms with van der Waals surface area (Å²) in [5.41, 5.74) is -1.60. The van der Waals surface area contributed by atoms with Crippen molar-refractivity contribution in [3.63, 3.8) is 0 Å². The fraction of sp³-hybridized carbons (Fsp3) is 0.545. The molecule has 2 fully saturated rings. The van der Waals surface area contributed by atoms with Gasteiger partial charge >= 0.3 is 12.1 Å². The molecule has 0 radical (unpaired) electrons. The SMILES string of the molecule is CC1CCC2(CC1)NC(=O)N(CC(=O)Nc1cc(F)ccc1NC(=O)OC(C)(C)C)C2=O. The quantitative estimate of drug-likeness (QED) is 0.609. The average Bonchev–Trinajstić information content (AvgIpc) is 2.89. The maximum Gasteiger partial charge on any atom is 0.412 e. The minimum atomic E-state index is -0.952. The van der Waals surface area contributed by atoms with Crippen LogP contribution in [0.2, 0.25) is 0 Å². The molecule has 174 valence electrons. The summed E-state index contributed by atoms with van der Waals surface area (Å²) >= 11 is 0. The minimum absolute atomic E-state index is 0.0193. The van der Waals surface area contributed by atoms with Gasteiger partial charge in [-0.1, -0.05) is 6.92 Å². The van der Waals surface area contributed by atoms with Crippen LogP contribution in [0.5, 0.6) is 0 Å². The first-order valence-electron chi connectivity index (χ1n) is 10.6. The first kappa shape index (κ1) is 23.5. The number of hydrogen-bond acceptors (Lipinski definition) is 5. The van der Waals surface area contributed by atoms with E-state index in [-0.39, 0.29) is 11.4 Å². The molecule has 0 aromatic heterocycles. The normalized spacial score (nSPS) is 23.2. The second-order valence-corrected chi connectivity index (χ2v) is 9.45. The first-order chi connectivity index (χ1) is 14.9. The predicted octanol–water partition coefficient (Wildman–Crippen LogP) is 3.61. The Morgan fingerprint density at radius 2 is 1.84 bits per heavy atom. The lowest BCUT2D eigenvalue weighted by atomic mass is 9.77. The Kier molecular flexibility index (Phi) is 6.43. The van der Waals surface area contributed by atoms with Gasteiger partial charge < -0.3 is 15.4 Å². The van der Waals surface area contributed by atoms with E-state index in [1.165, 1.54) is 6.07 Å². The third-order valence-electron chi connectivity index (χ3n) is 5.57. The number of hydrogen-bond donors (Lipinski definition) is 3. The number of nitrogens with one attached hydrogen (secondary N) is 3. The van der Waals surface area contributed by atoms with Gasteiger partial charge in [-0.05, 0) is 70.6 Å². The number of benzene rings is 1. The molecule has 1 aromatic rings. The number of anilines is 2. The second kappa shape index (κ2) is 8.76. The van der Waals surface area contributed by atoms with Crippen LogP contribution in [-0.4, -0.2) is 46.5 Å². The highest BCUT2D eigenvalue weighted by atomic mass is 19.1. The molecule has 5 amide bonds. The number of nitrogens with zero attached hydrogens (tertiary/aromatic N) is 1. The van der Waals surface area contributed by atoms with Gasteiger partial charge in [-0.25, -0.2) is 14.0 Å². The van der Waals surface area contributed by atoms with Crippen LogP contribution in [0, 0.1) is 11.7 Å². The summed E-state index contributed by atoms with van der Waals surface area (Å²) in [6, 6.07) is 2.81. The van der Waals surface area contributed by atoms with Crippen molar-refractivity contribution in [2.24, 2.45) is 5.92 Å². The molecule has 0 bridgehead atoms. The van der Waals surface area contributed by atoms with Gasteiger partial charge in [0.2, 0.25) is 5.91 Å². The van der Waals surface area contributed by atoms with Crippen LogP contribution in [0.4, 0.5) is 25.4 Å². The summed E-state index contributed by atoms with van der Waals surface area (Å²) in [7, 11) is 0. The Bertz CT molecular complexity index is 935. The number of carbonyl (C=O) groups excluding carboxylic acids is 4. The molecule has 1 aromatic carbocycles. The lowest BCUT2D eigenvalue weighted by Crippen LogP contribution is -2.49. The third-order valence-corrected chi connectivity index (χ3v) is 5.57. The zero-order valence-electron chi connectivity index (χ0n) is 18.7. The van der Waals surface area contributed by atoms with E-state index in [0.717, 1.165) is 29.9 Å². The number of urea groups is 1. The fourth-order valence-corrected chi connectivity index (χ4v) is 3.89. The van der Waals surface area contributed by atoms with Gasteiger partial charge in [-0.2, -0.15) is 0 Å². The van der Waals surface area contributed by atoms with E-state index >= 15 is 0 Å². The molecule has 9 nitrogen and oxygen atoms in total.